The molecule has 1 aromatic heterocycles. The van der Waals surface area contributed by atoms with Crippen LogP contribution in [0.2, 0.25) is 5.02 Å². The van der Waals surface area contributed by atoms with Crippen LogP contribution in [0.15, 0.2) is 18.2 Å². The lowest BCUT2D eigenvalue weighted by molar-refractivity contribution is -0.144. The number of primary amides is 1. The first kappa shape index (κ1) is 15.3. The van der Waals surface area contributed by atoms with Gasteiger partial charge in [-0.25, -0.2) is 0 Å². The second-order valence-electron chi connectivity index (χ2n) is 5.00. The fourth-order valence-electron chi connectivity index (χ4n) is 2.51. The van der Waals surface area contributed by atoms with Crippen molar-refractivity contribution in [3.8, 4) is 11.3 Å². The predicted octanol–water partition coefficient (Wildman–Crippen LogP) is 1.70. The van der Waals surface area contributed by atoms with Crippen molar-refractivity contribution >= 4 is 46.0 Å². The molecule has 0 fully saturated rings. The molecule has 3 N–H and O–H groups in total. The summed E-state index contributed by atoms with van der Waals surface area (Å²) in [6, 6.07) is 5.64. The van der Waals surface area contributed by atoms with Gasteiger partial charge in [0.1, 0.15) is 0 Å². The molecule has 6 nitrogen and oxygen atoms in total. The number of halogens is 2. The number of H-pyrrole nitrogens is 1. The van der Waals surface area contributed by atoms with E-state index in [-0.39, 0.29) is 0 Å². The summed E-state index contributed by atoms with van der Waals surface area (Å²) >= 11 is 8.20. The van der Waals surface area contributed by atoms with Crippen LogP contribution in [0.3, 0.4) is 0 Å². The number of carbonyl (C=O) groups excluding carboxylic acids is 2. The van der Waals surface area contributed by atoms with Crippen LogP contribution >= 0.6 is 34.2 Å². The van der Waals surface area contributed by atoms with Crippen molar-refractivity contribution in [3.05, 3.63) is 38.0 Å². The summed E-state index contributed by atoms with van der Waals surface area (Å²) in [4.78, 5) is 24.3. The Balaban J connectivity index is 1.97. The first-order valence-corrected chi connectivity index (χ1v) is 8.03. The number of aromatic amines is 1. The SMILES string of the molecule is NC(=O)C(=O)N1CCc2[nH]nc(-c3ccc(Cl)c(I)c3)c2C1. The van der Waals surface area contributed by atoms with Gasteiger partial charge in [0, 0.05) is 33.4 Å². The summed E-state index contributed by atoms with van der Waals surface area (Å²) < 4.78 is 0.925. The third kappa shape index (κ3) is 2.70. The van der Waals surface area contributed by atoms with Crippen molar-refractivity contribution in [2.24, 2.45) is 5.73 Å². The van der Waals surface area contributed by atoms with E-state index in [4.69, 9.17) is 17.3 Å². The van der Waals surface area contributed by atoms with Gasteiger partial charge < -0.3 is 10.6 Å². The molecule has 1 aliphatic heterocycles. The summed E-state index contributed by atoms with van der Waals surface area (Å²) in [6.45, 7) is 0.775. The number of fused-ring (bicyclic) bond motifs is 1. The number of carbonyl (C=O) groups is 2. The molecule has 1 aliphatic rings. The van der Waals surface area contributed by atoms with E-state index < -0.39 is 11.8 Å². The number of hydrogen-bond acceptors (Lipinski definition) is 3. The van der Waals surface area contributed by atoms with Gasteiger partial charge in [-0.05, 0) is 34.7 Å². The van der Waals surface area contributed by atoms with Gasteiger partial charge >= 0.3 is 11.8 Å². The van der Waals surface area contributed by atoms with Crippen LogP contribution in [0.5, 0.6) is 0 Å². The minimum absolute atomic E-state index is 0.322. The van der Waals surface area contributed by atoms with Crippen LogP contribution in [-0.2, 0) is 22.6 Å². The molecule has 2 amide bonds. The molecule has 0 saturated heterocycles. The molecule has 22 heavy (non-hydrogen) atoms. The molecule has 2 heterocycles. The van der Waals surface area contributed by atoms with Gasteiger partial charge in [-0.15, -0.1) is 0 Å². The predicted molar refractivity (Wildman–Crippen MR) is 90.1 cm³/mol. The normalized spacial score (nSPS) is 13.8. The Morgan fingerprint density at radius 1 is 1.41 bits per heavy atom. The van der Waals surface area contributed by atoms with Gasteiger partial charge in [-0.2, -0.15) is 5.10 Å². The third-order valence-corrected chi connectivity index (χ3v) is 5.17. The Morgan fingerprint density at radius 3 is 2.86 bits per heavy atom. The van der Waals surface area contributed by atoms with Crippen LogP contribution in [-0.4, -0.2) is 33.5 Å². The van der Waals surface area contributed by atoms with Gasteiger partial charge in [-0.1, -0.05) is 17.7 Å². The lowest BCUT2D eigenvalue weighted by Crippen LogP contribution is -2.42. The van der Waals surface area contributed by atoms with E-state index in [0.29, 0.717) is 24.5 Å². The molecule has 0 unspecified atom stereocenters. The highest BCUT2D eigenvalue weighted by atomic mass is 127. The molecule has 2 aromatic rings. The molecular weight excluding hydrogens is 419 g/mol. The van der Waals surface area contributed by atoms with Crippen molar-refractivity contribution in [3.63, 3.8) is 0 Å². The topological polar surface area (TPSA) is 92.1 Å². The molecule has 0 bridgehead atoms. The highest BCUT2D eigenvalue weighted by Gasteiger charge is 2.27. The van der Waals surface area contributed by atoms with Crippen molar-refractivity contribution in [1.29, 1.82) is 0 Å². The van der Waals surface area contributed by atoms with Gasteiger partial charge in [0.05, 0.1) is 17.3 Å². The largest absolute Gasteiger partial charge is 0.361 e. The van der Waals surface area contributed by atoms with Gasteiger partial charge in [-0.3, -0.25) is 14.7 Å². The van der Waals surface area contributed by atoms with Gasteiger partial charge in [0.15, 0.2) is 0 Å². The lowest BCUT2D eigenvalue weighted by atomic mass is 10.0. The van der Waals surface area contributed by atoms with Crippen LogP contribution in [0.4, 0.5) is 0 Å². The van der Waals surface area contributed by atoms with Gasteiger partial charge in [0.25, 0.3) is 0 Å². The molecule has 0 radical (unpaired) electrons. The van der Waals surface area contributed by atoms with E-state index >= 15 is 0 Å². The maximum atomic E-state index is 11.8. The number of aromatic nitrogens is 2. The van der Waals surface area contributed by atoms with Crippen LogP contribution < -0.4 is 5.73 Å². The third-order valence-electron chi connectivity index (χ3n) is 3.62. The average Bonchev–Trinajstić information content (AvgIpc) is 2.92. The van der Waals surface area contributed by atoms with Crippen molar-refractivity contribution in [2.45, 2.75) is 13.0 Å². The summed E-state index contributed by atoms with van der Waals surface area (Å²) in [5, 5.41) is 8.04. The average molecular weight is 431 g/mol. The highest BCUT2D eigenvalue weighted by Crippen LogP contribution is 2.31. The smallest absolute Gasteiger partial charge is 0.311 e. The molecule has 8 heteroatoms. The van der Waals surface area contributed by atoms with Crippen LogP contribution in [0.1, 0.15) is 11.3 Å². The quantitative estimate of drug-likeness (QED) is 0.533. The Bertz CT molecular complexity index is 774. The van der Waals surface area contributed by atoms with Crippen LogP contribution in [0, 0.1) is 3.57 Å². The first-order valence-electron chi connectivity index (χ1n) is 6.57. The second-order valence-corrected chi connectivity index (χ2v) is 6.57. The number of nitrogens with one attached hydrogen (secondary N) is 1. The fourth-order valence-corrected chi connectivity index (χ4v) is 3.14. The van der Waals surface area contributed by atoms with E-state index in [9.17, 15) is 9.59 Å². The summed E-state index contributed by atoms with van der Waals surface area (Å²) in [5.74, 6) is -1.60. The molecule has 0 saturated carbocycles. The monoisotopic (exact) mass is 430 g/mol. The Hall–Kier alpha value is -1.61. The molecule has 0 atom stereocenters. The molecule has 114 valence electrons. The standard InChI is InChI=1S/C14H12ClIN4O2/c15-9-2-1-7(5-10(9)16)12-8-6-20(14(22)13(17)21)4-3-11(8)18-19-12/h1-2,5H,3-4,6H2,(H2,17,21)(H,18,19). The minimum Gasteiger partial charge on any atom is -0.361 e. The molecule has 3 rings (SSSR count). The number of nitrogens with two attached hydrogens (primary N) is 1. The fraction of sp³-hybridized carbons (Fsp3) is 0.214. The second kappa shape index (κ2) is 5.88. The van der Waals surface area contributed by atoms with E-state index in [1.54, 1.807) is 0 Å². The Labute approximate surface area is 145 Å². The molecule has 0 spiro atoms. The lowest BCUT2D eigenvalue weighted by Gasteiger charge is -2.25. The summed E-state index contributed by atoms with van der Waals surface area (Å²) in [5.41, 5.74) is 8.66. The Morgan fingerprint density at radius 2 is 2.18 bits per heavy atom. The van der Waals surface area contributed by atoms with Crippen molar-refractivity contribution in [2.75, 3.05) is 6.54 Å². The zero-order chi connectivity index (χ0) is 15.9. The number of benzene rings is 1. The highest BCUT2D eigenvalue weighted by molar-refractivity contribution is 14.1. The first-order chi connectivity index (χ1) is 10.5. The molecule has 1 aromatic carbocycles. The van der Waals surface area contributed by atoms with E-state index in [1.807, 2.05) is 18.2 Å². The number of hydrogen-bond donors (Lipinski definition) is 2. The van der Waals surface area contributed by atoms with Crippen molar-refractivity contribution in [1.82, 2.24) is 15.1 Å². The zero-order valence-corrected chi connectivity index (χ0v) is 14.3. The number of amides is 2. The van der Waals surface area contributed by atoms with Crippen LogP contribution in [0.25, 0.3) is 11.3 Å². The minimum atomic E-state index is -0.936. The van der Waals surface area contributed by atoms with E-state index in [0.717, 1.165) is 26.1 Å². The van der Waals surface area contributed by atoms with E-state index in [1.165, 1.54) is 4.90 Å². The van der Waals surface area contributed by atoms with E-state index in [2.05, 4.69) is 32.8 Å². The molecule has 0 aliphatic carbocycles. The number of nitrogens with zero attached hydrogens (tertiary/aromatic N) is 2. The zero-order valence-electron chi connectivity index (χ0n) is 11.4. The van der Waals surface area contributed by atoms with Gasteiger partial charge in [0.2, 0.25) is 0 Å². The molecular formula is C14H12ClIN4O2. The maximum Gasteiger partial charge on any atom is 0.311 e. The maximum absolute atomic E-state index is 11.8. The summed E-state index contributed by atoms with van der Waals surface area (Å²) in [7, 11) is 0. The Kier molecular flexibility index (Phi) is 4.09. The number of rotatable bonds is 1. The van der Waals surface area contributed by atoms with Crippen molar-refractivity contribution < 1.29 is 9.59 Å². The summed E-state index contributed by atoms with van der Waals surface area (Å²) in [6.07, 6.45) is 0.617.